The van der Waals surface area contributed by atoms with Crippen LogP contribution in [-0.2, 0) is 9.53 Å². The molecule has 0 aromatic carbocycles. The van der Waals surface area contributed by atoms with Crippen molar-refractivity contribution in [3.8, 4) is 0 Å². The molecule has 0 saturated heterocycles. The van der Waals surface area contributed by atoms with Gasteiger partial charge in [-0.3, -0.25) is 4.79 Å². The number of hydrogen-bond donors (Lipinski definition) is 2. The van der Waals surface area contributed by atoms with Crippen molar-refractivity contribution < 1.29 is 9.53 Å². The van der Waals surface area contributed by atoms with Crippen LogP contribution >= 0.6 is 12.2 Å². The second kappa shape index (κ2) is 5.97. The van der Waals surface area contributed by atoms with E-state index < -0.39 is 5.54 Å². The highest BCUT2D eigenvalue weighted by molar-refractivity contribution is 7.80. The number of carbonyl (C=O) groups excluding carboxylic acids is 1. The quantitative estimate of drug-likeness (QED) is 0.695. The summed E-state index contributed by atoms with van der Waals surface area (Å²) in [5.74, 6) is -0.0203. The molecular formula is C13H24N2O2S. The summed E-state index contributed by atoms with van der Waals surface area (Å²) in [6.07, 6.45) is 4.86. The lowest BCUT2D eigenvalue weighted by molar-refractivity contribution is -0.135. The van der Waals surface area contributed by atoms with E-state index in [1.54, 1.807) is 7.11 Å². The van der Waals surface area contributed by atoms with Crippen molar-refractivity contribution in [3.05, 3.63) is 0 Å². The largest absolute Gasteiger partial charge is 0.391 e. The summed E-state index contributed by atoms with van der Waals surface area (Å²) >= 11 is 5.09. The summed E-state index contributed by atoms with van der Waals surface area (Å²) in [6.45, 7) is 3.97. The molecule has 0 radical (unpaired) electrons. The molecule has 18 heavy (non-hydrogen) atoms. The average molecular weight is 272 g/mol. The van der Waals surface area contributed by atoms with E-state index in [4.69, 9.17) is 22.7 Å². The van der Waals surface area contributed by atoms with Gasteiger partial charge in [0.2, 0.25) is 5.91 Å². The van der Waals surface area contributed by atoms with Gasteiger partial charge in [0.15, 0.2) is 0 Å². The van der Waals surface area contributed by atoms with Gasteiger partial charge in [-0.25, -0.2) is 0 Å². The van der Waals surface area contributed by atoms with E-state index in [-0.39, 0.29) is 11.5 Å². The lowest BCUT2D eigenvalue weighted by atomic mass is 9.77. The number of carbonyl (C=O) groups is 1. The van der Waals surface area contributed by atoms with E-state index in [1.807, 2.05) is 13.8 Å². The van der Waals surface area contributed by atoms with Crippen molar-refractivity contribution in [2.45, 2.75) is 63.5 Å². The van der Waals surface area contributed by atoms with Gasteiger partial charge in [-0.05, 0) is 32.1 Å². The minimum atomic E-state index is -0.551. The van der Waals surface area contributed by atoms with E-state index in [0.29, 0.717) is 24.3 Å². The molecule has 0 unspecified atom stereocenters. The van der Waals surface area contributed by atoms with Gasteiger partial charge in [-0.1, -0.05) is 26.1 Å². The number of amides is 1. The Hall–Kier alpha value is -0.680. The SMILES string of the molecule is CCC(CC)(NC(=O)CC1(OC)CCC1)C(N)=S. The first-order valence-electron chi connectivity index (χ1n) is 6.59. The van der Waals surface area contributed by atoms with Crippen LogP contribution in [0.5, 0.6) is 0 Å². The van der Waals surface area contributed by atoms with Gasteiger partial charge >= 0.3 is 0 Å². The molecule has 1 aliphatic carbocycles. The van der Waals surface area contributed by atoms with E-state index in [9.17, 15) is 4.79 Å². The maximum atomic E-state index is 12.1. The molecule has 0 heterocycles. The first-order chi connectivity index (χ1) is 8.43. The zero-order chi connectivity index (χ0) is 13.8. The van der Waals surface area contributed by atoms with Gasteiger partial charge in [0.25, 0.3) is 0 Å². The molecule has 104 valence electrons. The zero-order valence-electron chi connectivity index (χ0n) is 11.5. The summed E-state index contributed by atoms with van der Waals surface area (Å²) in [4.78, 5) is 12.5. The molecule has 0 aromatic rings. The molecular weight excluding hydrogens is 248 g/mol. The zero-order valence-corrected chi connectivity index (χ0v) is 12.4. The van der Waals surface area contributed by atoms with Crippen LogP contribution in [0.2, 0.25) is 0 Å². The Morgan fingerprint density at radius 3 is 2.28 bits per heavy atom. The highest BCUT2D eigenvalue weighted by atomic mass is 32.1. The van der Waals surface area contributed by atoms with Crippen molar-refractivity contribution in [1.82, 2.24) is 5.32 Å². The van der Waals surface area contributed by atoms with Crippen LogP contribution in [0.1, 0.15) is 52.4 Å². The average Bonchev–Trinajstić information content (AvgIpc) is 2.30. The fourth-order valence-corrected chi connectivity index (χ4v) is 2.80. The third kappa shape index (κ3) is 3.01. The van der Waals surface area contributed by atoms with Crippen molar-refractivity contribution >= 4 is 23.1 Å². The molecule has 1 amide bonds. The van der Waals surface area contributed by atoms with Gasteiger partial charge in [-0.15, -0.1) is 0 Å². The molecule has 1 fully saturated rings. The third-order valence-corrected chi connectivity index (χ3v) is 4.63. The lowest BCUT2D eigenvalue weighted by Gasteiger charge is -2.41. The number of nitrogens with one attached hydrogen (secondary N) is 1. The highest BCUT2D eigenvalue weighted by Crippen LogP contribution is 2.38. The predicted molar refractivity (Wildman–Crippen MR) is 76.4 cm³/mol. The molecule has 1 saturated carbocycles. The van der Waals surface area contributed by atoms with Crippen LogP contribution in [0.3, 0.4) is 0 Å². The molecule has 3 N–H and O–H groups in total. The maximum Gasteiger partial charge on any atom is 0.223 e. The fraction of sp³-hybridized carbons (Fsp3) is 0.846. The van der Waals surface area contributed by atoms with Crippen LogP contribution in [0, 0.1) is 0 Å². The van der Waals surface area contributed by atoms with Gasteiger partial charge in [0.1, 0.15) is 0 Å². The molecule has 0 bridgehead atoms. The smallest absolute Gasteiger partial charge is 0.223 e. The van der Waals surface area contributed by atoms with Crippen molar-refractivity contribution in [2.24, 2.45) is 5.73 Å². The molecule has 0 aliphatic heterocycles. The summed E-state index contributed by atoms with van der Waals surface area (Å²) in [6, 6.07) is 0. The second-order valence-electron chi connectivity index (χ2n) is 5.12. The minimum Gasteiger partial charge on any atom is -0.391 e. The Morgan fingerprint density at radius 1 is 1.44 bits per heavy atom. The van der Waals surface area contributed by atoms with Crippen molar-refractivity contribution in [1.29, 1.82) is 0 Å². The third-order valence-electron chi connectivity index (χ3n) is 4.24. The first kappa shape index (κ1) is 15.4. The number of ether oxygens (including phenoxy) is 1. The minimum absolute atomic E-state index is 0.0203. The van der Waals surface area contributed by atoms with Crippen LogP contribution < -0.4 is 11.1 Å². The molecule has 1 rings (SSSR count). The van der Waals surface area contributed by atoms with E-state index >= 15 is 0 Å². The van der Waals surface area contributed by atoms with Crippen molar-refractivity contribution in [3.63, 3.8) is 0 Å². The molecule has 1 aliphatic rings. The number of methoxy groups -OCH3 is 1. The molecule has 0 aromatic heterocycles. The van der Waals surface area contributed by atoms with Crippen LogP contribution in [0.4, 0.5) is 0 Å². The van der Waals surface area contributed by atoms with E-state index in [2.05, 4.69) is 5.32 Å². The molecule has 0 spiro atoms. The highest BCUT2D eigenvalue weighted by Gasteiger charge is 2.41. The van der Waals surface area contributed by atoms with Gasteiger partial charge in [-0.2, -0.15) is 0 Å². The normalized spacial score (nSPS) is 17.9. The summed E-state index contributed by atoms with van der Waals surface area (Å²) in [5.41, 5.74) is 4.96. The monoisotopic (exact) mass is 272 g/mol. The molecule has 5 heteroatoms. The summed E-state index contributed by atoms with van der Waals surface area (Å²) in [5, 5.41) is 3.00. The Kier molecular flexibility index (Phi) is 5.10. The van der Waals surface area contributed by atoms with Gasteiger partial charge in [0, 0.05) is 7.11 Å². The van der Waals surface area contributed by atoms with Gasteiger partial charge in [0.05, 0.1) is 22.5 Å². The lowest BCUT2D eigenvalue weighted by Crippen LogP contribution is -2.57. The van der Waals surface area contributed by atoms with Gasteiger partial charge < -0.3 is 15.8 Å². The molecule has 0 atom stereocenters. The van der Waals surface area contributed by atoms with Crippen LogP contribution in [0.15, 0.2) is 0 Å². The number of rotatable bonds is 7. The number of hydrogen-bond acceptors (Lipinski definition) is 3. The first-order valence-corrected chi connectivity index (χ1v) is 7.00. The second-order valence-corrected chi connectivity index (χ2v) is 5.56. The fourth-order valence-electron chi connectivity index (χ4n) is 2.46. The van der Waals surface area contributed by atoms with Crippen molar-refractivity contribution in [2.75, 3.05) is 7.11 Å². The number of nitrogens with two attached hydrogens (primary N) is 1. The number of thiocarbonyl (C=S) groups is 1. The Morgan fingerprint density at radius 2 is 2.00 bits per heavy atom. The topological polar surface area (TPSA) is 64.3 Å². The summed E-state index contributed by atoms with van der Waals surface area (Å²) < 4.78 is 5.46. The van der Waals surface area contributed by atoms with Crippen LogP contribution in [-0.4, -0.2) is 29.1 Å². The van der Waals surface area contributed by atoms with Crippen LogP contribution in [0.25, 0.3) is 0 Å². The Bertz CT molecular complexity index is 317. The van der Waals surface area contributed by atoms with E-state index in [1.165, 1.54) is 0 Å². The standard InChI is InChI=1S/C13H24N2O2S/c1-4-13(5-2,11(14)18)15-10(16)9-12(17-3)7-6-8-12/h4-9H2,1-3H3,(H2,14,18)(H,15,16). The predicted octanol–water partition coefficient (Wildman–Crippen LogP) is 1.91. The molecule has 4 nitrogen and oxygen atoms in total. The maximum absolute atomic E-state index is 12.1. The Labute approximate surface area is 115 Å². The summed E-state index contributed by atoms with van der Waals surface area (Å²) in [7, 11) is 1.67. The van der Waals surface area contributed by atoms with E-state index in [0.717, 1.165) is 19.3 Å². The Balaban J connectivity index is 2.65.